The Morgan fingerprint density at radius 1 is 0.625 bits per heavy atom. The van der Waals surface area contributed by atoms with E-state index in [0.717, 1.165) is 6.35 Å². The summed E-state index contributed by atoms with van der Waals surface area (Å²) in [6, 6.07) is 32.4. The fourth-order valence-corrected chi connectivity index (χ4v) is 7.35. The van der Waals surface area contributed by atoms with Gasteiger partial charge in [-0.2, -0.15) is 9.90 Å². The van der Waals surface area contributed by atoms with Crippen LogP contribution in [0.5, 0.6) is 0 Å². The molecule has 0 saturated carbocycles. The fourth-order valence-electron chi connectivity index (χ4n) is 3.13. The van der Waals surface area contributed by atoms with Crippen LogP contribution in [0.4, 0.5) is 0 Å². The first-order chi connectivity index (χ1) is 10.9. The van der Waals surface area contributed by atoms with Crippen LogP contribution in [0, 0.1) is 0 Å². The van der Waals surface area contributed by atoms with Crippen molar-refractivity contribution < 1.29 is 4.74 Å². The van der Waals surface area contributed by atoms with Gasteiger partial charge in [0.2, 0.25) is 0 Å². The molecule has 3 rings (SSSR count). The molecule has 1 unspecified atom stereocenters. The van der Waals surface area contributed by atoms with Gasteiger partial charge < -0.3 is 0 Å². The first kappa shape index (κ1) is 21.0. The zero-order chi connectivity index (χ0) is 15.3. The molecule has 0 N–H and O–H groups in total. The van der Waals surface area contributed by atoms with E-state index in [2.05, 4.69) is 91.0 Å². The van der Waals surface area contributed by atoms with E-state index in [1.165, 1.54) is 15.9 Å². The topological polar surface area (TPSA) is 9.23 Å². The summed E-state index contributed by atoms with van der Waals surface area (Å²) in [4.78, 5) is 0. The summed E-state index contributed by atoms with van der Waals surface area (Å²) in [5, 5.41) is 4.15. The minimum absolute atomic E-state index is 0. The van der Waals surface area contributed by atoms with Gasteiger partial charge in [-0.1, -0.05) is 0 Å². The van der Waals surface area contributed by atoms with Crippen molar-refractivity contribution in [3.8, 4) is 0 Å². The van der Waals surface area contributed by atoms with Crippen LogP contribution in [0.2, 0.25) is 0 Å². The number of benzene rings is 3. The molecule has 0 aromatic heterocycles. The Kier molecular flexibility index (Phi) is 8.81. The van der Waals surface area contributed by atoms with Gasteiger partial charge in [-0.25, -0.2) is 0 Å². The number of hydrogen-bond donors (Lipinski definition) is 0. The summed E-state index contributed by atoms with van der Waals surface area (Å²) in [7, 11) is -0.344. The molecule has 0 fully saturated rings. The molecular weight excluding hydrogens is 398 g/mol. The molecule has 4 heteroatoms. The number of hydrogen-bond acceptors (Lipinski definition) is 1. The van der Waals surface area contributed by atoms with Crippen LogP contribution in [-0.2, 0) is 4.74 Å². The zero-order valence-electron chi connectivity index (χ0n) is 13.9. The monoisotopic (exact) mass is 422 g/mol. The minimum atomic E-state index is -2.15. The molecular formula is C20H25BrOP2. The number of ether oxygens (including phenoxy) is 1. The molecule has 0 bridgehead atoms. The van der Waals surface area contributed by atoms with Crippen molar-refractivity contribution in [3.63, 3.8) is 0 Å². The van der Waals surface area contributed by atoms with Crippen LogP contribution in [0.25, 0.3) is 0 Å². The van der Waals surface area contributed by atoms with Gasteiger partial charge in [0.1, 0.15) is 0 Å². The molecule has 128 valence electrons. The standard InChI is InChI=1S/C20H21OP.BrH.H3P/c1-21-17-22(18-11-5-2-6-12-18,19-13-7-3-8-14-19)20-15-9-4-10-16-20;;/h2-16,22H,17H2,1H3;1H;1H3. The van der Waals surface area contributed by atoms with Crippen LogP contribution in [-0.4, -0.2) is 13.5 Å². The van der Waals surface area contributed by atoms with E-state index < -0.39 is 7.26 Å². The Morgan fingerprint density at radius 2 is 0.917 bits per heavy atom. The van der Waals surface area contributed by atoms with Gasteiger partial charge in [-0.3, -0.25) is 0 Å². The van der Waals surface area contributed by atoms with E-state index in [0.29, 0.717) is 0 Å². The SMILES string of the molecule is Br.COC[PH](c1ccccc1)(c1ccccc1)c1ccccc1.P. The van der Waals surface area contributed by atoms with Crippen molar-refractivity contribution in [2.45, 2.75) is 0 Å². The maximum absolute atomic E-state index is 5.73. The van der Waals surface area contributed by atoms with Crippen LogP contribution in [0.15, 0.2) is 91.0 Å². The van der Waals surface area contributed by atoms with Crippen molar-refractivity contribution in [2.75, 3.05) is 13.5 Å². The molecule has 0 aliphatic carbocycles. The van der Waals surface area contributed by atoms with E-state index in [1.807, 2.05) is 0 Å². The summed E-state index contributed by atoms with van der Waals surface area (Å²) >= 11 is 0. The summed E-state index contributed by atoms with van der Waals surface area (Å²) in [6.45, 7) is 0. The van der Waals surface area contributed by atoms with Crippen molar-refractivity contribution in [1.82, 2.24) is 0 Å². The van der Waals surface area contributed by atoms with Gasteiger partial charge in [0.15, 0.2) is 0 Å². The van der Waals surface area contributed by atoms with Crippen LogP contribution >= 0.6 is 34.1 Å². The molecule has 0 saturated heterocycles. The van der Waals surface area contributed by atoms with Gasteiger partial charge in [-0.05, 0) is 0 Å². The number of halogens is 1. The predicted octanol–water partition coefficient (Wildman–Crippen LogP) is 3.95. The summed E-state index contributed by atoms with van der Waals surface area (Å²) in [5.74, 6) is 0. The molecule has 0 heterocycles. The Labute approximate surface area is 159 Å². The summed E-state index contributed by atoms with van der Waals surface area (Å²) in [5.41, 5.74) is 0. The first-order valence-electron chi connectivity index (χ1n) is 7.53. The van der Waals surface area contributed by atoms with Crippen molar-refractivity contribution in [1.29, 1.82) is 0 Å². The van der Waals surface area contributed by atoms with E-state index in [9.17, 15) is 0 Å². The maximum atomic E-state index is 5.73. The predicted molar refractivity (Wildman–Crippen MR) is 120 cm³/mol. The second-order valence-electron chi connectivity index (χ2n) is 5.44. The van der Waals surface area contributed by atoms with Crippen LogP contribution < -0.4 is 15.9 Å². The Hall–Kier alpha value is -1.04. The van der Waals surface area contributed by atoms with E-state index in [4.69, 9.17) is 4.74 Å². The largest absolute Gasteiger partial charge is 0.153 e. The molecule has 0 aliphatic heterocycles. The number of rotatable bonds is 5. The van der Waals surface area contributed by atoms with E-state index in [-0.39, 0.29) is 26.9 Å². The molecule has 0 amide bonds. The molecule has 3 aromatic carbocycles. The second kappa shape index (κ2) is 10.1. The third-order valence-electron chi connectivity index (χ3n) is 4.16. The Bertz CT molecular complexity index is 609. The maximum Gasteiger partial charge on any atom is -0.153 e. The molecule has 1 atom stereocenters. The average Bonchev–Trinajstić information content (AvgIpc) is 2.62. The van der Waals surface area contributed by atoms with Crippen molar-refractivity contribution in [2.24, 2.45) is 0 Å². The van der Waals surface area contributed by atoms with E-state index >= 15 is 0 Å². The van der Waals surface area contributed by atoms with Gasteiger partial charge >= 0.3 is 132 Å². The molecule has 24 heavy (non-hydrogen) atoms. The molecule has 0 radical (unpaired) electrons. The summed E-state index contributed by atoms with van der Waals surface area (Å²) in [6.07, 6.45) is 0.741. The quantitative estimate of drug-likeness (QED) is 0.565. The Balaban J connectivity index is 0.00000144. The molecule has 0 spiro atoms. The minimum Gasteiger partial charge on any atom is -0.153 e. The zero-order valence-corrected chi connectivity index (χ0v) is 18.0. The van der Waals surface area contributed by atoms with Gasteiger partial charge in [0, 0.05) is 0 Å². The first-order valence-corrected chi connectivity index (χ1v) is 9.74. The summed E-state index contributed by atoms with van der Waals surface area (Å²) < 4.78 is 5.73. The average molecular weight is 423 g/mol. The van der Waals surface area contributed by atoms with Crippen LogP contribution in [0.3, 0.4) is 0 Å². The van der Waals surface area contributed by atoms with E-state index in [1.54, 1.807) is 7.11 Å². The number of methoxy groups -OCH3 is 1. The third-order valence-corrected chi connectivity index (χ3v) is 8.84. The normalized spacial score (nSPS) is 11.0. The third kappa shape index (κ3) is 4.13. The van der Waals surface area contributed by atoms with Crippen LogP contribution in [0.1, 0.15) is 0 Å². The van der Waals surface area contributed by atoms with Gasteiger partial charge in [0.25, 0.3) is 0 Å². The Morgan fingerprint density at radius 3 is 1.17 bits per heavy atom. The smallest absolute Gasteiger partial charge is 0.153 e. The molecule has 1 nitrogen and oxygen atoms in total. The second-order valence-corrected chi connectivity index (χ2v) is 9.27. The van der Waals surface area contributed by atoms with Gasteiger partial charge in [0.05, 0.1) is 0 Å². The van der Waals surface area contributed by atoms with Crippen molar-refractivity contribution >= 4 is 50.1 Å². The molecule has 0 aliphatic rings. The molecule has 3 aromatic rings. The van der Waals surface area contributed by atoms with Gasteiger partial charge in [-0.15, -0.1) is 17.0 Å². The van der Waals surface area contributed by atoms with Crippen molar-refractivity contribution in [3.05, 3.63) is 91.0 Å². The fraction of sp³-hybridized carbons (Fsp3) is 0.100.